The highest BCUT2D eigenvalue weighted by atomic mass is 32.1. The van der Waals surface area contributed by atoms with Crippen molar-refractivity contribution in [3.8, 4) is 11.1 Å². The molecule has 9 aromatic carbocycles. The summed E-state index contributed by atoms with van der Waals surface area (Å²) >= 11 is 3.79. The van der Waals surface area contributed by atoms with Crippen molar-refractivity contribution in [2.75, 3.05) is 14.7 Å². The number of benzene rings is 9. The molecule has 1 aliphatic carbocycles. The molecule has 5 heterocycles. The van der Waals surface area contributed by atoms with Gasteiger partial charge in [0.1, 0.15) is 0 Å². The third kappa shape index (κ3) is 5.45. The summed E-state index contributed by atoms with van der Waals surface area (Å²) in [7, 11) is 0. The summed E-state index contributed by atoms with van der Waals surface area (Å²) in [6, 6.07) is 72.0. The van der Waals surface area contributed by atoms with E-state index in [1.165, 1.54) is 144 Å². The zero-order valence-electron chi connectivity index (χ0n) is 39.0. The van der Waals surface area contributed by atoms with Gasteiger partial charge in [0.05, 0.1) is 11.2 Å². The molecule has 1 saturated carbocycles. The van der Waals surface area contributed by atoms with E-state index in [1.807, 2.05) is 22.7 Å². The van der Waals surface area contributed by atoms with Gasteiger partial charge in [-0.3, -0.25) is 0 Å². The second kappa shape index (κ2) is 14.5. The van der Waals surface area contributed by atoms with Gasteiger partial charge in [0.2, 0.25) is 0 Å². The Labute approximate surface area is 411 Å². The van der Waals surface area contributed by atoms with Crippen LogP contribution in [0.15, 0.2) is 188 Å². The normalized spacial score (nSPS) is 19.0. The zero-order valence-corrected chi connectivity index (χ0v) is 40.6. The van der Waals surface area contributed by atoms with Gasteiger partial charge in [0.15, 0.2) is 0 Å². The Morgan fingerprint density at radius 1 is 0.449 bits per heavy atom. The molecule has 2 unspecified atom stereocenters. The summed E-state index contributed by atoms with van der Waals surface area (Å²) in [5, 5.41) is 5.26. The lowest BCUT2D eigenvalue weighted by molar-refractivity contribution is 0.195. The molecule has 11 aromatic rings. The fraction of sp³-hybridized carbons (Fsp3) is 0.143. The maximum absolute atomic E-state index is 2.75. The molecule has 15 rings (SSSR count). The van der Waals surface area contributed by atoms with Crippen molar-refractivity contribution in [2.45, 2.75) is 57.4 Å². The van der Waals surface area contributed by atoms with Crippen molar-refractivity contribution in [1.29, 1.82) is 0 Å². The standard InChI is InChI=1S/C63H48BN3S2/c1-39-34-54-61-55(35-39)66(51-22-15-25-58-60(51)46-19-8-12-24-57(46)68-58)52-36-41(40-16-5-4-6-17-40)26-30-48(52)64(61)49-31-28-43(67-50-21-10-9-20-47(50)62(2)32-13-14-33-63(62,67)3)37-53(49)65(54)42-27-29-45-44-18-7-11-23-56(44)69-59(45)38-42/h4-12,15-31,34-38H,13-14,32-33H2,1-3H3. The number of hydrogen-bond donors (Lipinski definition) is 0. The van der Waals surface area contributed by atoms with Gasteiger partial charge in [-0.15, -0.1) is 22.7 Å². The molecule has 0 N–H and O–H groups in total. The zero-order chi connectivity index (χ0) is 45.8. The number of anilines is 8. The van der Waals surface area contributed by atoms with Gasteiger partial charge in [0.25, 0.3) is 6.71 Å². The smallest absolute Gasteiger partial charge is 0.252 e. The molecule has 3 nitrogen and oxygen atoms in total. The van der Waals surface area contributed by atoms with E-state index < -0.39 is 0 Å². The molecule has 69 heavy (non-hydrogen) atoms. The molecule has 2 atom stereocenters. The molecule has 0 saturated heterocycles. The highest BCUT2D eigenvalue weighted by Gasteiger charge is 2.57. The maximum atomic E-state index is 2.75. The Balaban J connectivity index is 1.03. The fourth-order valence-corrected chi connectivity index (χ4v) is 15.8. The Kier molecular flexibility index (Phi) is 8.35. The minimum Gasteiger partial charge on any atom is -0.334 e. The fourth-order valence-electron chi connectivity index (χ4n) is 13.5. The lowest BCUT2D eigenvalue weighted by Gasteiger charge is -2.50. The summed E-state index contributed by atoms with van der Waals surface area (Å²) in [6.45, 7) is 7.40. The number of aryl methyl sites for hydroxylation is 1. The van der Waals surface area contributed by atoms with E-state index >= 15 is 0 Å². The van der Waals surface area contributed by atoms with Crippen LogP contribution in [0.1, 0.15) is 50.7 Å². The second-order valence-electron chi connectivity index (χ2n) is 20.4. The van der Waals surface area contributed by atoms with Crippen LogP contribution in [-0.2, 0) is 5.41 Å². The molecular formula is C63H48BN3S2. The average molecular weight is 922 g/mol. The quantitative estimate of drug-likeness (QED) is 0.163. The Hall–Kier alpha value is -7.12. The van der Waals surface area contributed by atoms with Crippen LogP contribution in [0.5, 0.6) is 0 Å². The van der Waals surface area contributed by atoms with Crippen LogP contribution in [0, 0.1) is 6.92 Å². The largest absolute Gasteiger partial charge is 0.334 e. The first-order chi connectivity index (χ1) is 33.9. The van der Waals surface area contributed by atoms with E-state index in [1.54, 1.807) is 0 Å². The summed E-state index contributed by atoms with van der Waals surface area (Å²) < 4.78 is 5.26. The molecule has 0 radical (unpaired) electrons. The molecule has 0 amide bonds. The summed E-state index contributed by atoms with van der Waals surface area (Å²) in [4.78, 5) is 8.02. The van der Waals surface area contributed by atoms with E-state index in [-0.39, 0.29) is 17.7 Å². The van der Waals surface area contributed by atoms with Gasteiger partial charge in [0, 0.05) is 85.6 Å². The monoisotopic (exact) mass is 921 g/mol. The van der Waals surface area contributed by atoms with Crippen LogP contribution in [0.3, 0.4) is 0 Å². The molecule has 6 heteroatoms. The highest BCUT2D eigenvalue weighted by Crippen LogP contribution is 2.61. The molecule has 330 valence electrons. The molecule has 1 fully saturated rings. The van der Waals surface area contributed by atoms with Gasteiger partial charge in [-0.2, -0.15) is 0 Å². The topological polar surface area (TPSA) is 9.72 Å². The van der Waals surface area contributed by atoms with Crippen LogP contribution < -0.4 is 31.1 Å². The van der Waals surface area contributed by atoms with Crippen LogP contribution >= 0.6 is 22.7 Å². The number of rotatable bonds is 4. The Morgan fingerprint density at radius 2 is 1.09 bits per heavy atom. The molecular weight excluding hydrogens is 874 g/mol. The minimum atomic E-state index is -0.0566. The van der Waals surface area contributed by atoms with Crippen molar-refractivity contribution in [1.82, 2.24) is 0 Å². The first-order valence-corrected chi connectivity index (χ1v) is 26.3. The van der Waals surface area contributed by atoms with Gasteiger partial charge < -0.3 is 14.7 Å². The second-order valence-corrected chi connectivity index (χ2v) is 22.6. The first-order valence-electron chi connectivity index (χ1n) is 24.7. The van der Waals surface area contributed by atoms with Crippen molar-refractivity contribution in [3.63, 3.8) is 0 Å². The molecule has 0 spiro atoms. The van der Waals surface area contributed by atoms with Gasteiger partial charge in [-0.1, -0.05) is 135 Å². The summed E-state index contributed by atoms with van der Waals surface area (Å²) in [5.41, 5.74) is 19.2. The van der Waals surface area contributed by atoms with Crippen molar-refractivity contribution in [3.05, 3.63) is 199 Å². The van der Waals surface area contributed by atoms with Crippen LogP contribution in [-0.4, -0.2) is 12.3 Å². The number of nitrogens with zero attached hydrogens (tertiary/aromatic N) is 3. The number of fused-ring (bicyclic) bond motifs is 13. The Bertz CT molecular complexity index is 3960. The van der Waals surface area contributed by atoms with E-state index in [9.17, 15) is 0 Å². The summed E-state index contributed by atoms with van der Waals surface area (Å²) in [6.07, 6.45) is 4.88. The molecule has 0 bridgehead atoms. The number of hydrogen-bond acceptors (Lipinski definition) is 5. The summed E-state index contributed by atoms with van der Waals surface area (Å²) in [5.74, 6) is 0. The number of thiophene rings is 2. The van der Waals surface area contributed by atoms with Crippen molar-refractivity contribution in [2.24, 2.45) is 0 Å². The van der Waals surface area contributed by atoms with Crippen molar-refractivity contribution >= 4 is 132 Å². The predicted octanol–water partition coefficient (Wildman–Crippen LogP) is 16.2. The van der Waals surface area contributed by atoms with Crippen LogP contribution in [0.4, 0.5) is 45.5 Å². The van der Waals surface area contributed by atoms with E-state index in [0.717, 1.165) is 6.42 Å². The third-order valence-corrected chi connectivity index (χ3v) is 19.1. The SMILES string of the molecule is Cc1cc2c3c(c1)N(c1cccc4sc5ccccc5c14)c1cc(-c4ccccc4)ccc1B3c1ccc(N3c4ccccc4C4(C)CCCCC34C)cc1N2c1ccc2c(c1)sc1ccccc12. The predicted molar refractivity (Wildman–Crippen MR) is 299 cm³/mol. The first kappa shape index (κ1) is 39.8. The van der Waals surface area contributed by atoms with E-state index in [0.29, 0.717) is 0 Å². The molecule has 2 aromatic heterocycles. The molecule has 4 aliphatic rings. The van der Waals surface area contributed by atoms with E-state index in [4.69, 9.17) is 0 Å². The van der Waals surface area contributed by atoms with Gasteiger partial charge in [-0.25, -0.2) is 0 Å². The van der Waals surface area contributed by atoms with Crippen LogP contribution in [0.2, 0.25) is 0 Å². The van der Waals surface area contributed by atoms with Gasteiger partial charge in [-0.05, 0) is 138 Å². The maximum Gasteiger partial charge on any atom is 0.252 e. The highest BCUT2D eigenvalue weighted by molar-refractivity contribution is 7.26. The van der Waals surface area contributed by atoms with Crippen molar-refractivity contribution < 1.29 is 0 Å². The average Bonchev–Trinajstić information content (AvgIpc) is 4.02. The lowest BCUT2D eigenvalue weighted by atomic mass is 9.33. The van der Waals surface area contributed by atoms with Crippen LogP contribution in [0.25, 0.3) is 51.5 Å². The minimum absolute atomic E-state index is 0.000139. The van der Waals surface area contributed by atoms with Gasteiger partial charge >= 0.3 is 0 Å². The molecule has 3 aliphatic heterocycles. The lowest BCUT2D eigenvalue weighted by Crippen LogP contribution is -2.61. The third-order valence-electron chi connectivity index (χ3n) is 16.8. The number of para-hydroxylation sites is 1. The van der Waals surface area contributed by atoms with E-state index in [2.05, 4.69) is 224 Å². The Morgan fingerprint density at radius 3 is 1.94 bits per heavy atom.